The molecule has 88 valence electrons. The number of nitrogens with two attached hydrogens (primary N) is 1. The molecule has 2 rings (SSSR count). The van der Waals surface area contributed by atoms with E-state index in [0.717, 1.165) is 17.1 Å². The molecule has 2 aromatic rings. The molecule has 0 aliphatic rings. The summed E-state index contributed by atoms with van der Waals surface area (Å²) >= 11 is 2.27. The predicted molar refractivity (Wildman–Crippen MR) is 77.0 cm³/mol. The molecule has 0 saturated carbocycles. The molecular weight excluding hydrogens is 329 g/mol. The summed E-state index contributed by atoms with van der Waals surface area (Å²) in [5, 5.41) is 3.22. The Labute approximate surface area is 113 Å². The number of halogens is 1. The number of nitrogens with zero attached hydrogens (tertiary/aromatic N) is 2. The van der Waals surface area contributed by atoms with E-state index >= 15 is 0 Å². The maximum absolute atomic E-state index is 5.36. The van der Waals surface area contributed by atoms with Crippen molar-refractivity contribution in [2.75, 3.05) is 10.7 Å². The Balaban J connectivity index is 2.27. The van der Waals surface area contributed by atoms with Crippen LogP contribution in [0.15, 0.2) is 30.6 Å². The highest BCUT2D eigenvalue weighted by atomic mass is 127. The van der Waals surface area contributed by atoms with Gasteiger partial charge in [-0.2, -0.15) is 0 Å². The van der Waals surface area contributed by atoms with Crippen LogP contribution in [0, 0.1) is 10.5 Å². The lowest BCUT2D eigenvalue weighted by molar-refractivity contribution is 1.11. The summed E-state index contributed by atoms with van der Waals surface area (Å²) in [6.07, 6.45) is 1.47. The number of nitrogen functional groups attached to an aromatic ring is 1. The largest absolute Gasteiger partial charge is 0.340 e. The van der Waals surface area contributed by atoms with Gasteiger partial charge in [0, 0.05) is 14.8 Å². The molecule has 6 heteroatoms. The molecule has 0 saturated heterocycles. The van der Waals surface area contributed by atoms with Crippen molar-refractivity contribution in [3.8, 4) is 0 Å². The number of hydrogen-bond donors (Lipinski definition) is 3. The minimum atomic E-state index is 0.619. The van der Waals surface area contributed by atoms with Gasteiger partial charge in [-0.3, -0.25) is 0 Å². The number of rotatable bonds is 3. The maximum Gasteiger partial charge on any atom is 0.148 e. The number of nitrogens with one attached hydrogen (secondary N) is 2. The van der Waals surface area contributed by atoms with Crippen molar-refractivity contribution in [1.29, 1.82) is 0 Å². The first-order chi connectivity index (χ1) is 8.20. The van der Waals surface area contributed by atoms with Gasteiger partial charge < -0.3 is 10.7 Å². The molecular formula is C11H12IN5. The summed E-state index contributed by atoms with van der Waals surface area (Å²) in [7, 11) is 0. The van der Waals surface area contributed by atoms with Crippen LogP contribution in [0.4, 0.5) is 17.3 Å². The first-order valence-electron chi connectivity index (χ1n) is 5.01. The first-order valence-corrected chi connectivity index (χ1v) is 6.09. The Hall–Kier alpha value is -1.41. The van der Waals surface area contributed by atoms with Crippen LogP contribution >= 0.6 is 22.6 Å². The van der Waals surface area contributed by atoms with Crippen LogP contribution in [0.25, 0.3) is 0 Å². The third-order valence-corrected chi connectivity index (χ3v) is 3.05. The lowest BCUT2D eigenvalue weighted by atomic mass is 10.3. The molecule has 0 radical (unpaired) electrons. The van der Waals surface area contributed by atoms with Gasteiger partial charge in [0.1, 0.15) is 18.0 Å². The first kappa shape index (κ1) is 12.1. The van der Waals surface area contributed by atoms with Gasteiger partial charge in [0.15, 0.2) is 0 Å². The second-order valence-corrected chi connectivity index (χ2v) is 4.72. The zero-order valence-corrected chi connectivity index (χ0v) is 11.4. The van der Waals surface area contributed by atoms with Gasteiger partial charge in [-0.05, 0) is 53.8 Å². The second-order valence-electron chi connectivity index (χ2n) is 3.47. The SMILES string of the molecule is Cc1c(NN)ncnc1Nc1ccc(I)cc1. The molecule has 0 fully saturated rings. The fraction of sp³-hybridized carbons (Fsp3) is 0.0909. The van der Waals surface area contributed by atoms with Crippen molar-refractivity contribution in [3.05, 3.63) is 39.7 Å². The van der Waals surface area contributed by atoms with E-state index in [1.165, 1.54) is 9.90 Å². The normalized spacial score (nSPS) is 10.1. The molecule has 0 atom stereocenters. The van der Waals surface area contributed by atoms with E-state index in [9.17, 15) is 0 Å². The Morgan fingerprint density at radius 2 is 1.76 bits per heavy atom. The van der Waals surface area contributed by atoms with Crippen molar-refractivity contribution in [2.24, 2.45) is 5.84 Å². The molecule has 5 nitrogen and oxygen atoms in total. The number of hydrogen-bond acceptors (Lipinski definition) is 5. The van der Waals surface area contributed by atoms with E-state index < -0.39 is 0 Å². The number of aromatic nitrogens is 2. The fourth-order valence-electron chi connectivity index (χ4n) is 1.39. The van der Waals surface area contributed by atoms with Crippen LogP contribution < -0.4 is 16.6 Å². The van der Waals surface area contributed by atoms with Gasteiger partial charge in [0.05, 0.1) is 0 Å². The zero-order chi connectivity index (χ0) is 12.3. The topological polar surface area (TPSA) is 75.9 Å². The minimum Gasteiger partial charge on any atom is -0.340 e. The molecule has 1 heterocycles. The fourth-order valence-corrected chi connectivity index (χ4v) is 1.75. The summed E-state index contributed by atoms with van der Waals surface area (Å²) in [4.78, 5) is 8.21. The smallest absolute Gasteiger partial charge is 0.148 e. The van der Waals surface area contributed by atoms with Crippen molar-refractivity contribution in [2.45, 2.75) is 6.92 Å². The number of benzene rings is 1. The molecule has 0 aliphatic carbocycles. The lowest BCUT2D eigenvalue weighted by Crippen LogP contribution is -2.11. The van der Waals surface area contributed by atoms with Gasteiger partial charge in [0.2, 0.25) is 0 Å². The highest BCUT2D eigenvalue weighted by Crippen LogP contribution is 2.22. The molecule has 0 amide bonds. The summed E-state index contributed by atoms with van der Waals surface area (Å²) in [6.45, 7) is 1.91. The van der Waals surface area contributed by atoms with Gasteiger partial charge in [0.25, 0.3) is 0 Å². The van der Waals surface area contributed by atoms with Crippen LogP contribution in [0.2, 0.25) is 0 Å². The van der Waals surface area contributed by atoms with Crippen molar-refractivity contribution >= 4 is 39.9 Å². The average Bonchev–Trinajstić information content (AvgIpc) is 2.35. The summed E-state index contributed by atoms with van der Waals surface area (Å²) in [6, 6.07) is 8.06. The Bertz CT molecular complexity index is 512. The number of hydrazine groups is 1. The second kappa shape index (κ2) is 5.28. The maximum atomic E-state index is 5.36. The molecule has 0 spiro atoms. The van der Waals surface area contributed by atoms with Crippen LogP contribution in [0.1, 0.15) is 5.56 Å². The molecule has 1 aromatic heterocycles. The third kappa shape index (κ3) is 2.83. The van der Waals surface area contributed by atoms with E-state index in [2.05, 4.69) is 43.3 Å². The zero-order valence-electron chi connectivity index (χ0n) is 9.24. The van der Waals surface area contributed by atoms with Crippen molar-refractivity contribution in [1.82, 2.24) is 9.97 Å². The van der Waals surface area contributed by atoms with Crippen molar-refractivity contribution < 1.29 is 0 Å². The third-order valence-electron chi connectivity index (χ3n) is 2.33. The van der Waals surface area contributed by atoms with E-state index in [4.69, 9.17) is 5.84 Å². The van der Waals surface area contributed by atoms with E-state index in [1.54, 1.807) is 0 Å². The van der Waals surface area contributed by atoms with Crippen LogP contribution in [-0.2, 0) is 0 Å². The molecule has 0 unspecified atom stereocenters. The van der Waals surface area contributed by atoms with Gasteiger partial charge in [-0.15, -0.1) is 0 Å². The Morgan fingerprint density at radius 1 is 1.12 bits per heavy atom. The molecule has 0 aliphatic heterocycles. The van der Waals surface area contributed by atoms with Gasteiger partial charge >= 0.3 is 0 Å². The minimum absolute atomic E-state index is 0.619. The molecule has 4 N–H and O–H groups in total. The molecule has 0 bridgehead atoms. The van der Waals surface area contributed by atoms with E-state index in [-0.39, 0.29) is 0 Å². The van der Waals surface area contributed by atoms with Gasteiger partial charge in [-0.25, -0.2) is 15.8 Å². The average molecular weight is 341 g/mol. The molecule has 1 aromatic carbocycles. The highest BCUT2D eigenvalue weighted by Gasteiger charge is 2.05. The summed E-state index contributed by atoms with van der Waals surface area (Å²) < 4.78 is 1.19. The predicted octanol–water partition coefficient (Wildman–Crippen LogP) is 2.42. The number of anilines is 3. The van der Waals surface area contributed by atoms with Crippen LogP contribution in [0.3, 0.4) is 0 Å². The van der Waals surface area contributed by atoms with E-state index in [1.807, 2.05) is 31.2 Å². The quantitative estimate of drug-likeness (QED) is 0.454. The van der Waals surface area contributed by atoms with Crippen LogP contribution in [0.5, 0.6) is 0 Å². The van der Waals surface area contributed by atoms with Gasteiger partial charge in [-0.1, -0.05) is 0 Å². The Morgan fingerprint density at radius 3 is 2.41 bits per heavy atom. The summed E-state index contributed by atoms with van der Waals surface area (Å²) in [5.41, 5.74) is 4.40. The van der Waals surface area contributed by atoms with E-state index in [0.29, 0.717) is 5.82 Å². The van der Waals surface area contributed by atoms with Crippen molar-refractivity contribution in [3.63, 3.8) is 0 Å². The lowest BCUT2D eigenvalue weighted by Gasteiger charge is -2.10. The summed E-state index contributed by atoms with van der Waals surface area (Å²) in [5.74, 6) is 6.73. The monoisotopic (exact) mass is 341 g/mol. The highest BCUT2D eigenvalue weighted by molar-refractivity contribution is 14.1. The van der Waals surface area contributed by atoms with Crippen LogP contribution in [-0.4, -0.2) is 9.97 Å². The Kier molecular flexibility index (Phi) is 3.75. The molecule has 17 heavy (non-hydrogen) atoms. The standard InChI is InChI=1S/C11H12IN5/c1-7-10(14-6-15-11(7)17-13)16-9-4-2-8(12)3-5-9/h2-6H,13H2,1H3,(H2,14,15,16,17).